The summed E-state index contributed by atoms with van der Waals surface area (Å²) in [7, 11) is 1.76. The number of hydrogen-bond acceptors (Lipinski definition) is 2. The van der Waals surface area contributed by atoms with Crippen LogP contribution in [0, 0.1) is 5.92 Å². The van der Waals surface area contributed by atoms with Gasteiger partial charge < -0.3 is 15.3 Å². The Morgan fingerprint density at radius 2 is 2.00 bits per heavy atom. The Balaban J connectivity index is 1.86. The second kappa shape index (κ2) is 6.95. The number of amides is 2. The van der Waals surface area contributed by atoms with E-state index in [1.54, 1.807) is 36.2 Å². The molecule has 0 aliphatic heterocycles. The molecule has 2 amide bonds. The van der Waals surface area contributed by atoms with Gasteiger partial charge in [-0.25, -0.2) is 4.79 Å². The van der Waals surface area contributed by atoms with E-state index in [0.29, 0.717) is 11.6 Å². The minimum absolute atomic E-state index is 0.162. The van der Waals surface area contributed by atoms with E-state index >= 15 is 0 Å². The van der Waals surface area contributed by atoms with Crippen LogP contribution in [0.1, 0.15) is 25.7 Å². The predicted molar refractivity (Wildman–Crippen MR) is 81.1 cm³/mol. The van der Waals surface area contributed by atoms with Gasteiger partial charge >= 0.3 is 6.03 Å². The van der Waals surface area contributed by atoms with Gasteiger partial charge in [0.2, 0.25) is 0 Å². The van der Waals surface area contributed by atoms with Crippen LogP contribution in [0.2, 0.25) is 5.02 Å². The first-order valence-electron chi connectivity index (χ1n) is 7.02. The maximum Gasteiger partial charge on any atom is 0.321 e. The SMILES string of the molecule is CN(CC1CCCCC1O)C(=O)Nc1ccc(Cl)cc1. The van der Waals surface area contributed by atoms with E-state index in [9.17, 15) is 9.90 Å². The molecule has 0 aromatic heterocycles. The average Bonchev–Trinajstić information content (AvgIpc) is 2.44. The van der Waals surface area contributed by atoms with Crippen LogP contribution < -0.4 is 5.32 Å². The third-order valence-electron chi connectivity index (χ3n) is 3.82. The topological polar surface area (TPSA) is 52.6 Å². The lowest BCUT2D eigenvalue weighted by Crippen LogP contribution is -2.40. The molecule has 1 fully saturated rings. The minimum atomic E-state index is -0.283. The summed E-state index contributed by atoms with van der Waals surface area (Å²) >= 11 is 5.80. The zero-order valence-corrected chi connectivity index (χ0v) is 12.4. The quantitative estimate of drug-likeness (QED) is 0.898. The van der Waals surface area contributed by atoms with Crippen molar-refractivity contribution in [2.45, 2.75) is 31.8 Å². The summed E-state index contributed by atoms with van der Waals surface area (Å²) in [5, 5.41) is 13.4. The molecule has 2 atom stereocenters. The van der Waals surface area contributed by atoms with E-state index in [-0.39, 0.29) is 18.1 Å². The van der Waals surface area contributed by atoms with Crippen molar-refractivity contribution < 1.29 is 9.90 Å². The van der Waals surface area contributed by atoms with E-state index in [4.69, 9.17) is 11.6 Å². The van der Waals surface area contributed by atoms with Gasteiger partial charge in [0, 0.05) is 30.2 Å². The van der Waals surface area contributed by atoms with Crippen molar-refractivity contribution in [3.63, 3.8) is 0 Å². The number of nitrogens with one attached hydrogen (secondary N) is 1. The fourth-order valence-corrected chi connectivity index (χ4v) is 2.71. The molecular weight excluding hydrogens is 276 g/mol. The second-order valence-electron chi connectivity index (χ2n) is 5.43. The zero-order chi connectivity index (χ0) is 14.5. The highest BCUT2D eigenvalue weighted by molar-refractivity contribution is 6.30. The number of anilines is 1. The molecule has 1 aliphatic rings. The lowest BCUT2D eigenvalue weighted by molar-refractivity contribution is 0.0575. The molecule has 1 saturated carbocycles. The molecule has 2 N–H and O–H groups in total. The number of carbonyl (C=O) groups is 1. The molecule has 4 nitrogen and oxygen atoms in total. The van der Waals surface area contributed by atoms with Crippen molar-refractivity contribution in [1.29, 1.82) is 0 Å². The van der Waals surface area contributed by atoms with Gasteiger partial charge in [-0.05, 0) is 37.1 Å². The van der Waals surface area contributed by atoms with Crippen LogP contribution in [0.15, 0.2) is 24.3 Å². The van der Waals surface area contributed by atoms with Crippen LogP contribution in [-0.4, -0.2) is 35.7 Å². The Morgan fingerprint density at radius 1 is 1.35 bits per heavy atom. The van der Waals surface area contributed by atoms with Gasteiger partial charge in [-0.2, -0.15) is 0 Å². The minimum Gasteiger partial charge on any atom is -0.393 e. The number of nitrogens with zero attached hydrogens (tertiary/aromatic N) is 1. The number of benzene rings is 1. The molecule has 2 rings (SSSR count). The number of aliphatic hydroxyl groups is 1. The molecule has 1 aromatic carbocycles. The molecule has 2 unspecified atom stereocenters. The van der Waals surface area contributed by atoms with Gasteiger partial charge in [0.25, 0.3) is 0 Å². The van der Waals surface area contributed by atoms with Gasteiger partial charge in [-0.15, -0.1) is 0 Å². The molecule has 110 valence electrons. The summed E-state index contributed by atoms with van der Waals surface area (Å²) < 4.78 is 0. The lowest BCUT2D eigenvalue weighted by Gasteiger charge is -2.31. The number of rotatable bonds is 3. The molecule has 1 aromatic rings. The highest BCUT2D eigenvalue weighted by atomic mass is 35.5. The number of hydrogen-bond donors (Lipinski definition) is 2. The molecule has 1 aliphatic carbocycles. The van der Waals surface area contributed by atoms with Gasteiger partial charge in [-0.1, -0.05) is 24.4 Å². The number of halogens is 1. The second-order valence-corrected chi connectivity index (χ2v) is 5.87. The fourth-order valence-electron chi connectivity index (χ4n) is 2.59. The van der Waals surface area contributed by atoms with Gasteiger partial charge in [-0.3, -0.25) is 0 Å². The van der Waals surface area contributed by atoms with Crippen molar-refractivity contribution >= 4 is 23.3 Å². The summed E-state index contributed by atoms with van der Waals surface area (Å²) in [4.78, 5) is 13.7. The van der Waals surface area contributed by atoms with Crippen LogP contribution in [0.4, 0.5) is 10.5 Å². The Kier molecular flexibility index (Phi) is 5.26. The van der Waals surface area contributed by atoms with E-state index in [0.717, 1.165) is 31.4 Å². The standard InChI is InChI=1S/C15H21ClN2O2/c1-18(10-11-4-2-3-5-14(11)19)15(20)17-13-8-6-12(16)7-9-13/h6-9,11,14,19H,2-5,10H2,1H3,(H,17,20). The highest BCUT2D eigenvalue weighted by Crippen LogP contribution is 2.25. The number of carbonyl (C=O) groups excluding carboxylic acids is 1. The van der Waals surface area contributed by atoms with E-state index in [2.05, 4.69) is 5.32 Å². The molecule has 20 heavy (non-hydrogen) atoms. The average molecular weight is 297 g/mol. The van der Waals surface area contributed by atoms with Crippen LogP contribution in [-0.2, 0) is 0 Å². The van der Waals surface area contributed by atoms with Gasteiger partial charge in [0.15, 0.2) is 0 Å². The first-order valence-corrected chi connectivity index (χ1v) is 7.40. The van der Waals surface area contributed by atoms with E-state index in [1.165, 1.54) is 0 Å². The third kappa shape index (κ3) is 4.12. The Labute approximate surface area is 124 Å². The molecule has 0 radical (unpaired) electrons. The van der Waals surface area contributed by atoms with Crippen molar-refractivity contribution in [1.82, 2.24) is 4.90 Å². The van der Waals surface area contributed by atoms with Crippen LogP contribution in [0.25, 0.3) is 0 Å². The van der Waals surface area contributed by atoms with Crippen LogP contribution >= 0.6 is 11.6 Å². The van der Waals surface area contributed by atoms with Crippen LogP contribution in [0.5, 0.6) is 0 Å². The van der Waals surface area contributed by atoms with E-state index < -0.39 is 0 Å². The first kappa shape index (κ1) is 15.1. The summed E-state index contributed by atoms with van der Waals surface area (Å²) in [6.07, 6.45) is 3.76. The van der Waals surface area contributed by atoms with Crippen LogP contribution in [0.3, 0.4) is 0 Å². The Morgan fingerprint density at radius 3 is 2.65 bits per heavy atom. The van der Waals surface area contributed by atoms with Crippen molar-refractivity contribution in [3.05, 3.63) is 29.3 Å². The molecule has 0 spiro atoms. The normalized spacial score (nSPS) is 22.4. The maximum atomic E-state index is 12.1. The molecule has 0 bridgehead atoms. The number of urea groups is 1. The number of aliphatic hydroxyl groups excluding tert-OH is 1. The van der Waals surface area contributed by atoms with Crippen molar-refractivity contribution in [3.8, 4) is 0 Å². The summed E-state index contributed by atoms with van der Waals surface area (Å²) in [5.74, 6) is 0.185. The predicted octanol–water partition coefficient (Wildman–Crippen LogP) is 3.35. The summed E-state index contributed by atoms with van der Waals surface area (Å²) in [5.41, 5.74) is 0.718. The van der Waals surface area contributed by atoms with Crippen molar-refractivity contribution in [2.24, 2.45) is 5.92 Å². The maximum absolute atomic E-state index is 12.1. The Hall–Kier alpha value is -1.26. The fraction of sp³-hybridized carbons (Fsp3) is 0.533. The van der Waals surface area contributed by atoms with Crippen molar-refractivity contribution in [2.75, 3.05) is 18.9 Å². The molecule has 0 saturated heterocycles. The monoisotopic (exact) mass is 296 g/mol. The molecular formula is C15H21ClN2O2. The summed E-state index contributed by atoms with van der Waals surface area (Å²) in [6, 6.07) is 6.85. The molecule has 0 heterocycles. The third-order valence-corrected chi connectivity index (χ3v) is 4.07. The Bertz CT molecular complexity index is 450. The lowest BCUT2D eigenvalue weighted by atomic mass is 9.86. The smallest absolute Gasteiger partial charge is 0.321 e. The largest absolute Gasteiger partial charge is 0.393 e. The van der Waals surface area contributed by atoms with Gasteiger partial charge in [0.05, 0.1) is 6.10 Å². The molecule has 5 heteroatoms. The first-order chi connectivity index (χ1) is 9.56. The van der Waals surface area contributed by atoms with Gasteiger partial charge in [0.1, 0.15) is 0 Å². The summed E-state index contributed by atoms with van der Waals surface area (Å²) in [6.45, 7) is 0.584. The zero-order valence-electron chi connectivity index (χ0n) is 11.7. The van der Waals surface area contributed by atoms with E-state index in [1.807, 2.05) is 0 Å². The highest BCUT2D eigenvalue weighted by Gasteiger charge is 2.25.